The number of hydrogen-bond acceptors (Lipinski definition) is 5. The molecule has 1 heterocycles. The van der Waals surface area contributed by atoms with Gasteiger partial charge in [0.05, 0.1) is 11.1 Å². The summed E-state index contributed by atoms with van der Waals surface area (Å²) in [4.78, 5) is 27.5. The normalized spacial score (nSPS) is 10.0. The number of carbonyl (C=O) groups is 2. The number of nitriles is 1. The maximum atomic E-state index is 13.0. The summed E-state index contributed by atoms with van der Waals surface area (Å²) in [5.41, 5.74) is 0.570. The number of carbonyl (C=O) groups excluding carboxylic acids is 1. The summed E-state index contributed by atoms with van der Waals surface area (Å²) < 4.78 is 18.6. The molecule has 0 spiro atoms. The average Bonchev–Trinajstić information content (AvgIpc) is 2.70. The van der Waals surface area contributed by atoms with Crippen LogP contribution in [0.25, 0.3) is 0 Å². The molecular weight excluding hydrogens is 365 g/mol. The fourth-order valence-corrected chi connectivity index (χ4v) is 2.27. The SMILES string of the molecule is N#Cc1cnc(Oc2ccc(F)cc2)c(C(=O)Nc2ccc(C(=O)O)cc2)c1. The number of carboxylic acid groups (broad SMARTS) is 1. The first-order valence-corrected chi connectivity index (χ1v) is 7.94. The molecule has 0 saturated carbocycles. The van der Waals surface area contributed by atoms with Gasteiger partial charge in [0.1, 0.15) is 23.2 Å². The van der Waals surface area contributed by atoms with Gasteiger partial charge in [0, 0.05) is 11.9 Å². The van der Waals surface area contributed by atoms with Gasteiger partial charge in [0.15, 0.2) is 0 Å². The van der Waals surface area contributed by atoms with E-state index in [1.807, 2.05) is 6.07 Å². The van der Waals surface area contributed by atoms with E-state index < -0.39 is 17.7 Å². The monoisotopic (exact) mass is 377 g/mol. The maximum absolute atomic E-state index is 13.0. The summed E-state index contributed by atoms with van der Waals surface area (Å²) in [6, 6.07) is 13.9. The van der Waals surface area contributed by atoms with Crippen LogP contribution in [0.5, 0.6) is 11.6 Å². The number of pyridine rings is 1. The van der Waals surface area contributed by atoms with E-state index in [1.54, 1.807) is 0 Å². The summed E-state index contributed by atoms with van der Waals surface area (Å²) in [6.45, 7) is 0. The molecule has 0 fully saturated rings. The van der Waals surface area contributed by atoms with Crippen molar-refractivity contribution in [1.29, 1.82) is 5.26 Å². The standard InChI is InChI=1S/C20H12FN3O4/c21-14-3-7-16(8-4-14)28-19-17(9-12(10-22)11-23-19)18(25)24-15-5-1-13(2-6-15)20(26)27/h1-9,11H,(H,24,25)(H,26,27). The summed E-state index contributed by atoms with van der Waals surface area (Å²) >= 11 is 0. The van der Waals surface area contributed by atoms with Gasteiger partial charge in [-0.05, 0) is 54.6 Å². The molecule has 0 aliphatic rings. The minimum Gasteiger partial charge on any atom is -0.478 e. The Morgan fingerprint density at radius 1 is 1.11 bits per heavy atom. The molecular formula is C20H12FN3O4. The third-order valence-corrected chi connectivity index (χ3v) is 3.64. The van der Waals surface area contributed by atoms with Gasteiger partial charge in [-0.2, -0.15) is 5.26 Å². The van der Waals surface area contributed by atoms with Crippen molar-refractivity contribution in [3.8, 4) is 17.7 Å². The van der Waals surface area contributed by atoms with E-state index in [9.17, 15) is 14.0 Å². The van der Waals surface area contributed by atoms with E-state index in [2.05, 4.69) is 10.3 Å². The molecule has 2 N–H and O–H groups in total. The highest BCUT2D eigenvalue weighted by atomic mass is 19.1. The molecule has 0 saturated heterocycles. The number of rotatable bonds is 5. The zero-order valence-electron chi connectivity index (χ0n) is 14.2. The summed E-state index contributed by atoms with van der Waals surface area (Å²) in [5, 5.41) is 20.6. The van der Waals surface area contributed by atoms with Crippen molar-refractivity contribution >= 4 is 17.6 Å². The van der Waals surface area contributed by atoms with Crippen LogP contribution >= 0.6 is 0 Å². The molecule has 0 atom stereocenters. The smallest absolute Gasteiger partial charge is 0.335 e. The average molecular weight is 377 g/mol. The Morgan fingerprint density at radius 3 is 2.39 bits per heavy atom. The minimum atomic E-state index is -1.08. The molecule has 3 rings (SSSR count). The van der Waals surface area contributed by atoms with Gasteiger partial charge >= 0.3 is 5.97 Å². The van der Waals surface area contributed by atoms with E-state index in [4.69, 9.17) is 15.1 Å². The first kappa shape index (κ1) is 18.5. The van der Waals surface area contributed by atoms with Gasteiger partial charge < -0.3 is 15.2 Å². The Kier molecular flexibility index (Phi) is 5.28. The fourth-order valence-electron chi connectivity index (χ4n) is 2.27. The van der Waals surface area contributed by atoms with E-state index in [1.165, 1.54) is 60.8 Å². The quantitative estimate of drug-likeness (QED) is 0.699. The number of hydrogen-bond donors (Lipinski definition) is 2. The number of benzene rings is 2. The van der Waals surface area contributed by atoms with Crippen molar-refractivity contribution in [3.63, 3.8) is 0 Å². The van der Waals surface area contributed by atoms with Gasteiger partial charge in [0.2, 0.25) is 5.88 Å². The van der Waals surface area contributed by atoms with Crippen LogP contribution in [0.15, 0.2) is 60.8 Å². The van der Waals surface area contributed by atoms with E-state index in [0.29, 0.717) is 5.69 Å². The second-order valence-corrected chi connectivity index (χ2v) is 5.58. The highest BCUT2D eigenvalue weighted by molar-refractivity contribution is 6.06. The minimum absolute atomic E-state index is 0.00862. The Morgan fingerprint density at radius 2 is 1.79 bits per heavy atom. The van der Waals surface area contributed by atoms with Crippen LogP contribution < -0.4 is 10.1 Å². The first-order chi connectivity index (χ1) is 13.5. The van der Waals surface area contributed by atoms with Crippen molar-refractivity contribution in [3.05, 3.63) is 83.3 Å². The third kappa shape index (κ3) is 4.28. The largest absolute Gasteiger partial charge is 0.478 e. The maximum Gasteiger partial charge on any atom is 0.335 e. The van der Waals surface area contributed by atoms with Crippen molar-refractivity contribution in [2.45, 2.75) is 0 Å². The topological polar surface area (TPSA) is 112 Å². The molecule has 7 nitrogen and oxygen atoms in total. The molecule has 28 heavy (non-hydrogen) atoms. The predicted molar refractivity (Wildman–Crippen MR) is 96.8 cm³/mol. The second-order valence-electron chi connectivity index (χ2n) is 5.58. The second kappa shape index (κ2) is 7.97. The van der Waals surface area contributed by atoms with E-state index >= 15 is 0 Å². The van der Waals surface area contributed by atoms with Crippen LogP contribution in [-0.2, 0) is 0 Å². The Hall–Kier alpha value is -4.25. The van der Waals surface area contributed by atoms with Crippen molar-refractivity contribution in [2.24, 2.45) is 0 Å². The van der Waals surface area contributed by atoms with Crippen LogP contribution in [-0.4, -0.2) is 22.0 Å². The zero-order valence-corrected chi connectivity index (χ0v) is 14.2. The molecule has 0 radical (unpaired) electrons. The number of ether oxygens (including phenoxy) is 1. The first-order valence-electron chi connectivity index (χ1n) is 7.94. The molecule has 8 heteroatoms. The molecule has 3 aromatic rings. The lowest BCUT2D eigenvalue weighted by molar-refractivity contribution is 0.0696. The van der Waals surface area contributed by atoms with Gasteiger partial charge in [-0.25, -0.2) is 14.2 Å². The lowest BCUT2D eigenvalue weighted by atomic mass is 10.1. The van der Waals surface area contributed by atoms with Crippen LogP contribution in [0.3, 0.4) is 0 Å². The molecule has 0 aliphatic heterocycles. The van der Waals surface area contributed by atoms with Crippen molar-refractivity contribution < 1.29 is 23.8 Å². The number of nitrogens with zero attached hydrogens (tertiary/aromatic N) is 2. The highest BCUT2D eigenvalue weighted by Gasteiger charge is 2.17. The third-order valence-electron chi connectivity index (χ3n) is 3.64. The fraction of sp³-hybridized carbons (Fsp3) is 0. The number of aromatic nitrogens is 1. The number of aromatic carboxylic acids is 1. The van der Waals surface area contributed by atoms with Crippen LogP contribution in [0.2, 0.25) is 0 Å². The molecule has 1 aromatic heterocycles. The van der Waals surface area contributed by atoms with E-state index in [0.717, 1.165) is 0 Å². The molecule has 1 amide bonds. The van der Waals surface area contributed by atoms with Crippen molar-refractivity contribution in [1.82, 2.24) is 4.98 Å². The number of carboxylic acids is 1. The van der Waals surface area contributed by atoms with Gasteiger partial charge in [-0.15, -0.1) is 0 Å². The lowest BCUT2D eigenvalue weighted by Gasteiger charge is -2.11. The molecule has 0 aliphatic carbocycles. The molecule has 138 valence electrons. The van der Waals surface area contributed by atoms with Crippen LogP contribution in [0, 0.1) is 17.1 Å². The number of nitrogens with one attached hydrogen (secondary N) is 1. The van der Waals surface area contributed by atoms with Crippen molar-refractivity contribution in [2.75, 3.05) is 5.32 Å². The number of anilines is 1. The summed E-state index contributed by atoms with van der Waals surface area (Å²) in [7, 11) is 0. The highest BCUT2D eigenvalue weighted by Crippen LogP contribution is 2.25. The summed E-state index contributed by atoms with van der Waals surface area (Å²) in [5.74, 6) is -1.93. The molecule has 0 bridgehead atoms. The zero-order chi connectivity index (χ0) is 20.1. The van der Waals surface area contributed by atoms with Crippen LogP contribution in [0.4, 0.5) is 10.1 Å². The van der Waals surface area contributed by atoms with Crippen LogP contribution in [0.1, 0.15) is 26.3 Å². The Balaban J connectivity index is 1.87. The van der Waals surface area contributed by atoms with Gasteiger partial charge in [-0.3, -0.25) is 4.79 Å². The predicted octanol–water partition coefficient (Wildman–Crippen LogP) is 3.84. The number of halogens is 1. The number of amides is 1. The Labute approximate surface area is 158 Å². The molecule has 0 unspecified atom stereocenters. The van der Waals surface area contributed by atoms with Gasteiger partial charge in [-0.1, -0.05) is 0 Å². The summed E-state index contributed by atoms with van der Waals surface area (Å²) in [6.07, 6.45) is 1.25. The van der Waals surface area contributed by atoms with E-state index in [-0.39, 0.29) is 28.3 Å². The lowest BCUT2D eigenvalue weighted by Crippen LogP contribution is -2.14. The Bertz CT molecular complexity index is 1070. The molecule has 2 aromatic carbocycles. The van der Waals surface area contributed by atoms with Gasteiger partial charge in [0.25, 0.3) is 5.91 Å².